The van der Waals surface area contributed by atoms with Crippen LogP contribution in [0.15, 0.2) is 0 Å². The van der Waals surface area contributed by atoms with Crippen LogP contribution in [0.2, 0.25) is 0 Å². The van der Waals surface area contributed by atoms with E-state index in [-0.39, 0.29) is 0 Å². The van der Waals surface area contributed by atoms with Gasteiger partial charge >= 0.3 is 0 Å². The maximum Gasteiger partial charge on any atom is -0.0391 e. The van der Waals surface area contributed by atoms with Crippen molar-refractivity contribution in [2.24, 2.45) is 17.8 Å². The summed E-state index contributed by atoms with van der Waals surface area (Å²) >= 11 is 0. The van der Waals surface area contributed by atoms with E-state index in [9.17, 15) is 0 Å². The van der Waals surface area contributed by atoms with Gasteiger partial charge in [0.25, 0.3) is 0 Å². The van der Waals surface area contributed by atoms with Crippen LogP contribution in [-0.2, 0) is 0 Å². The number of hydrogen-bond acceptors (Lipinski definition) is 0. The van der Waals surface area contributed by atoms with Crippen LogP contribution in [0.5, 0.6) is 0 Å². The van der Waals surface area contributed by atoms with Gasteiger partial charge < -0.3 is 0 Å². The Balaban J connectivity index is 3.81. The summed E-state index contributed by atoms with van der Waals surface area (Å²) in [5.74, 6) is 2.84. The van der Waals surface area contributed by atoms with Crippen LogP contribution in [0.25, 0.3) is 0 Å². The van der Waals surface area contributed by atoms with E-state index in [2.05, 4.69) is 34.6 Å². The quantitative estimate of drug-likeness (QED) is 0.364. The van der Waals surface area contributed by atoms with Crippen LogP contribution in [0.3, 0.4) is 0 Å². The molecule has 0 spiro atoms. The van der Waals surface area contributed by atoms with Crippen molar-refractivity contribution in [1.82, 2.24) is 0 Å². The zero-order chi connectivity index (χ0) is 13.1. The van der Waals surface area contributed by atoms with E-state index in [1.165, 1.54) is 57.8 Å². The minimum absolute atomic E-state index is 0.930. The van der Waals surface area contributed by atoms with Crippen molar-refractivity contribution < 1.29 is 0 Å². The predicted octanol–water partition coefficient (Wildman–Crippen LogP) is 6.45. The van der Waals surface area contributed by atoms with E-state index in [0.717, 1.165) is 17.8 Å². The molecule has 0 amide bonds. The molecule has 0 aromatic heterocycles. The minimum atomic E-state index is 0.930. The monoisotopic (exact) mass is 240 g/mol. The minimum Gasteiger partial charge on any atom is -0.0654 e. The summed E-state index contributed by atoms with van der Waals surface area (Å²) in [7, 11) is 0. The molecule has 0 aliphatic rings. The highest BCUT2D eigenvalue weighted by molar-refractivity contribution is 4.68. The van der Waals surface area contributed by atoms with Gasteiger partial charge in [0.2, 0.25) is 0 Å². The smallest absolute Gasteiger partial charge is 0.0391 e. The van der Waals surface area contributed by atoms with Crippen LogP contribution < -0.4 is 0 Å². The molecule has 0 aliphatic heterocycles. The highest BCUT2D eigenvalue weighted by Gasteiger charge is 2.17. The van der Waals surface area contributed by atoms with Gasteiger partial charge in [0.15, 0.2) is 0 Å². The Labute approximate surface area is 111 Å². The maximum absolute atomic E-state index is 2.49. The second-order valence-corrected chi connectivity index (χ2v) is 6.12. The van der Waals surface area contributed by atoms with Gasteiger partial charge in [-0.3, -0.25) is 0 Å². The fourth-order valence-corrected chi connectivity index (χ4v) is 3.16. The fraction of sp³-hybridized carbons (Fsp3) is 1.00. The molecule has 0 aromatic carbocycles. The molecule has 0 N–H and O–H groups in total. The molecular formula is C17H36. The van der Waals surface area contributed by atoms with E-state index in [1.54, 1.807) is 0 Å². The highest BCUT2D eigenvalue weighted by atomic mass is 14.2. The third-order valence-electron chi connectivity index (χ3n) is 4.31. The molecule has 0 radical (unpaired) electrons. The van der Waals surface area contributed by atoms with E-state index >= 15 is 0 Å². The standard InChI is InChI=1S/C17H36/c1-6-9-10-11-13-17(8-3)16(5)14-15(4)12-7-2/h15-17H,6-14H2,1-5H3. The van der Waals surface area contributed by atoms with Crippen molar-refractivity contribution in [3.63, 3.8) is 0 Å². The SMILES string of the molecule is CCCCCCC(CC)C(C)CC(C)CCC. The summed E-state index contributed by atoms with van der Waals surface area (Å²) < 4.78 is 0. The molecule has 17 heavy (non-hydrogen) atoms. The van der Waals surface area contributed by atoms with E-state index < -0.39 is 0 Å². The Morgan fingerprint density at radius 2 is 1.47 bits per heavy atom. The van der Waals surface area contributed by atoms with Crippen LogP contribution >= 0.6 is 0 Å². The van der Waals surface area contributed by atoms with Gasteiger partial charge in [-0.1, -0.05) is 86.0 Å². The van der Waals surface area contributed by atoms with E-state index in [4.69, 9.17) is 0 Å². The average molecular weight is 240 g/mol. The Kier molecular flexibility index (Phi) is 11.1. The molecule has 0 heteroatoms. The zero-order valence-electron chi connectivity index (χ0n) is 13.1. The summed E-state index contributed by atoms with van der Waals surface area (Å²) in [4.78, 5) is 0. The lowest BCUT2D eigenvalue weighted by atomic mass is 9.81. The van der Waals surface area contributed by atoms with Crippen LogP contribution in [-0.4, -0.2) is 0 Å². The first kappa shape index (κ1) is 17.0. The van der Waals surface area contributed by atoms with Gasteiger partial charge in [0.05, 0.1) is 0 Å². The molecule has 0 aromatic rings. The predicted molar refractivity (Wildman–Crippen MR) is 80.4 cm³/mol. The molecule has 0 heterocycles. The first-order valence-corrected chi connectivity index (χ1v) is 8.15. The summed E-state index contributed by atoms with van der Waals surface area (Å²) in [5, 5.41) is 0. The van der Waals surface area contributed by atoms with Gasteiger partial charge in [-0.2, -0.15) is 0 Å². The van der Waals surface area contributed by atoms with Crippen molar-refractivity contribution in [3.05, 3.63) is 0 Å². The molecule has 0 aliphatic carbocycles. The molecule has 0 saturated heterocycles. The largest absolute Gasteiger partial charge is 0.0654 e. The molecular weight excluding hydrogens is 204 g/mol. The lowest BCUT2D eigenvalue weighted by Crippen LogP contribution is -2.14. The lowest BCUT2D eigenvalue weighted by Gasteiger charge is -2.25. The maximum atomic E-state index is 2.49. The molecule has 0 nitrogen and oxygen atoms in total. The summed E-state index contributed by atoms with van der Waals surface area (Å²) in [6.45, 7) is 11.9. The van der Waals surface area contributed by atoms with Crippen molar-refractivity contribution in [2.75, 3.05) is 0 Å². The topological polar surface area (TPSA) is 0 Å². The van der Waals surface area contributed by atoms with Gasteiger partial charge in [-0.05, 0) is 24.2 Å². The first-order chi connectivity index (χ1) is 8.15. The van der Waals surface area contributed by atoms with Crippen molar-refractivity contribution in [3.8, 4) is 0 Å². The number of hydrogen-bond donors (Lipinski definition) is 0. The van der Waals surface area contributed by atoms with E-state index in [0.29, 0.717) is 0 Å². The van der Waals surface area contributed by atoms with E-state index in [1.807, 2.05) is 0 Å². The Bertz CT molecular complexity index is 150. The molecule has 0 bridgehead atoms. The second-order valence-electron chi connectivity index (χ2n) is 6.12. The van der Waals surface area contributed by atoms with Gasteiger partial charge in [-0.25, -0.2) is 0 Å². The molecule has 0 saturated carbocycles. The number of rotatable bonds is 11. The van der Waals surface area contributed by atoms with Crippen LogP contribution in [0, 0.1) is 17.8 Å². The average Bonchev–Trinajstić information content (AvgIpc) is 2.29. The Morgan fingerprint density at radius 1 is 0.765 bits per heavy atom. The van der Waals surface area contributed by atoms with Crippen molar-refractivity contribution >= 4 is 0 Å². The Hall–Kier alpha value is 0. The molecule has 3 unspecified atom stereocenters. The summed E-state index contributed by atoms with van der Waals surface area (Å²) in [6.07, 6.45) is 12.8. The lowest BCUT2D eigenvalue weighted by molar-refractivity contribution is 0.260. The molecule has 0 rings (SSSR count). The molecule has 3 atom stereocenters. The summed E-state index contributed by atoms with van der Waals surface area (Å²) in [6, 6.07) is 0. The van der Waals surface area contributed by atoms with Gasteiger partial charge in [0.1, 0.15) is 0 Å². The molecule has 104 valence electrons. The summed E-state index contributed by atoms with van der Waals surface area (Å²) in [5.41, 5.74) is 0. The number of unbranched alkanes of at least 4 members (excludes halogenated alkanes) is 3. The normalized spacial score (nSPS) is 16.8. The third-order valence-corrected chi connectivity index (χ3v) is 4.31. The highest BCUT2D eigenvalue weighted by Crippen LogP contribution is 2.29. The van der Waals surface area contributed by atoms with Gasteiger partial charge in [0, 0.05) is 0 Å². The van der Waals surface area contributed by atoms with Crippen molar-refractivity contribution in [2.45, 2.75) is 92.4 Å². The fourth-order valence-electron chi connectivity index (χ4n) is 3.16. The van der Waals surface area contributed by atoms with Crippen LogP contribution in [0.1, 0.15) is 92.4 Å². The zero-order valence-corrected chi connectivity index (χ0v) is 13.1. The van der Waals surface area contributed by atoms with Crippen molar-refractivity contribution in [1.29, 1.82) is 0 Å². The second kappa shape index (κ2) is 11.1. The first-order valence-electron chi connectivity index (χ1n) is 8.15. The molecule has 0 fully saturated rings. The van der Waals surface area contributed by atoms with Gasteiger partial charge in [-0.15, -0.1) is 0 Å². The third kappa shape index (κ3) is 8.69. The Morgan fingerprint density at radius 3 is 2.00 bits per heavy atom. The van der Waals surface area contributed by atoms with Crippen LogP contribution in [0.4, 0.5) is 0 Å².